The molecular formula is C14H16N2O2. The molecule has 2 aromatic rings. The van der Waals surface area contributed by atoms with E-state index in [4.69, 9.17) is 0 Å². The maximum absolute atomic E-state index is 11.2. The number of carboxylic acids is 1. The largest absolute Gasteiger partial charge is 0.478 e. The van der Waals surface area contributed by atoms with Crippen LogP contribution in [0.3, 0.4) is 0 Å². The van der Waals surface area contributed by atoms with E-state index in [1.165, 1.54) is 12.8 Å². The van der Waals surface area contributed by atoms with Gasteiger partial charge >= 0.3 is 5.97 Å². The Morgan fingerprint density at radius 3 is 2.89 bits per heavy atom. The van der Waals surface area contributed by atoms with Crippen molar-refractivity contribution in [1.82, 2.24) is 9.55 Å². The lowest BCUT2D eigenvalue weighted by atomic mass is 10.2. The second kappa shape index (κ2) is 4.12. The van der Waals surface area contributed by atoms with Crippen LogP contribution < -0.4 is 0 Å². The number of aromatic carboxylic acids is 1. The van der Waals surface area contributed by atoms with Gasteiger partial charge in [-0.15, -0.1) is 0 Å². The number of hydrogen-bond acceptors (Lipinski definition) is 2. The smallest absolute Gasteiger partial charge is 0.337 e. The van der Waals surface area contributed by atoms with Crippen LogP contribution in [0.15, 0.2) is 18.2 Å². The van der Waals surface area contributed by atoms with Gasteiger partial charge in [-0.05, 0) is 31.4 Å². The first-order chi connectivity index (χ1) is 8.72. The van der Waals surface area contributed by atoms with Gasteiger partial charge in [0.25, 0.3) is 0 Å². The zero-order valence-electron chi connectivity index (χ0n) is 10.4. The lowest BCUT2D eigenvalue weighted by molar-refractivity contribution is 0.0699. The van der Waals surface area contributed by atoms with Crippen molar-refractivity contribution in [3.05, 3.63) is 29.6 Å². The summed E-state index contributed by atoms with van der Waals surface area (Å²) in [5.41, 5.74) is 1.91. The molecule has 1 aromatic heterocycles. The van der Waals surface area contributed by atoms with Crippen molar-refractivity contribution >= 4 is 17.0 Å². The minimum atomic E-state index is -0.899. The predicted octanol–water partition coefficient (Wildman–Crippen LogP) is 3.02. The lowest BCUT2D eigenvalue weighted by Gasteiger charge is -2.06. The summed E-state index contributed by atoms with van der Waals surface area (Å²) in [4.78, 5) is 15.8. The Morgan fingerprint density at radius 1 is 1.50 bits per heavy atom. The molecule has 0 radical (unpaired) electrons. The summed E-state index contributed by atoms with van der Waals surface area (Å²) in [6.45, 7) is 3.04. The van der Waals surface area contributed by atoms with Crippen LogP contribution in [-0.4, -0.2) is 20.6 Å². The molecular weight excluding hydrogens is 228 g/mol. The number of imidazole rings is 1. The fourth-order valence-corrected chi connectivity index (χ4v) is 2.45. The maximum Gasteiger partial charge on any atom is 0.337 e. The third-order valence-electron chi connectivity index (χ3n) is 3.43. The van der Waals surface area contributed by atoms with Crippen molar-refractivity contribution in [2.24, 2.45) is 0 Å². The van der Waals surface area contributed by atoms with E-state index in [0.717, 1.165) is 24.3 Å². The molecule has 3 rings (SSSR count). The summed E-state index contributed by atoms with van der Waals surface area (Å²) in [7, 11) is 0. The first kappa shape index (κ1) is 11.3. The molecule has 0 amide bonds. The van der Waals surface area contributed by atoms with Crippen LogP contribution in [0.5, 0.6) is 0 Å². The molecule has 1 aliphatic carbocycles. The molecule has 0 saturated heterocycles. The molecule has 0 spiro atoms. The first-order valence-corrected chi connectivity index (χ1v) is 6.44. The molecule has 1 aliphatic rings. The van der Waals surface area contributed by atoms with Crippen LogP contribution in [-0.2, 0) is 6.54 Å². The Morgan fingerprint density at radius 2 is 2.28 bits per heavy atom. The van der Waals surface area contributed by atoms with Gasteiger partial charge in [-0.1, -0.05) is 13.0 Å². The Bertz CT molecular complexity index is 612. The van der Waals surface area contributed by atoms with Gasteiger partial charge in [-0.25, -0.2) is 9.78 Å². The van der Waals surface area contributed by atoms with Crippen LogP contribution in [0, 0.1) is 0 Å². The summed E-state index contributed by atoms with van der Waals surface area (Å²) in [6.07, 6.45) is 3.38. The summed E-state index contributed by atoms with van der Waals surface area (Å²) in [6, 6.07) is 5.40. The highest BCUT2D eigenvalue weighted by Gasteiger charge is 2.30. The SMILES string of the molecule is CCCn1c(C2CC2)nc2c(C(=O)O)cccc21. The van der Waals surface area contributed by atoms with Gasteiger partial charge in [-0.2, -0.15) is 0 Å². The highest BCUT2D eigenvalue weighted by atomic mass is 16.4. The monoisotopic (exact) mass is 244 g/mol. The third-order valence-corrected chi connectivity index (χ3v) is 3.43. The van der Waals surface area contributed by atoms with Crippen molar-refractivity contribution in [2.45, 2.75) is 38.6 Å². The van der Waals surface area contributed by atoms with Crippen LogP contribution in [0.2, 0.25) is 0 Å². The van der Waals surface area contributed by atoms with Gasteiger partial charge in [-0.3, -0.25) is 0 Å². The van der Waals surface area contributed by atoms with Gasteiger partial charge in [0.2, 0.25) is 0 Å². The quantitative estimate of drug-likeness (QED) is 0.899. The molecule has 0 bridgehead atoms. The number of carbonyl (C=O) groups is 1. The van der Waals surface area contributed by atoms with Gasteiger partial charge in [0, 0.05) is 12.5 Å². The van der Waals surface area contributed by atoms with Crippen molar-refractivity contribution in [1.29, 1.82) is 0 Å². The van der Waals surface area contributed by atoms with E-state index in [0.29, 0.717) is 17.0 Å². The van der Waals surface area contributed by atoms with Crippen molar-refractivity contribution < 1.29 is 9.90 Å². The van der Waals surface area contributed by atoms with Gasteiger partial charge in [0.15, 0.2) is 0 Å². The van der Waals surface area contributed by atoms with Crippen molar-refractivity contribution in [3.8, 4) is 0 Å². The second-order valence-corrected chi connectivity index (χ2v) is 4.87. The van der Waals surface area contributed by atoms with E-state index >= 15 is 0 Å². The molecule has 1 N–H and O–H groups in total. The molecule has 1 heterocycles. The van der Waals surface area contributed by atoms with Gasteiger partial charge < -0.3 is 9.67 Å². The zero-order chi connectivity index (χ0) is 12.7. The Labute approximate surface area is 105 Å². The minimum absolute atomic E-state index is 0.309. The van der Waals surface area contributed by atoms with Crippen LogP contribution in [0.1, 0.15) is 48.3 Å². The normalized spacial score (nSPS) is 15.2. The van der Waals surface area contributed by atoms with E-state index in [1.807, 2.05) is 6.07 Å². The summed E-state index contributed by atoms with van der Waals surface area (Å²) in [5.74, 6) is 0.704. The van der Waals surface area contributed by atoms with E-state index in [9.17, 15) is 9.90 Å². The highest BCUT2D eigenvalue weighted by molar-refractivity contribution is 6.01. The Hall–Kier alpha value is -1.84. The fraction of sp³-hybridized carbons (Fsp3) is 0.429. The maximum atomic E-state index is 11.2. The standard InChI is InChI=1S/C14H16N2O2/c1-2-8-16-11-5-3-4-10(14(17)18)12(11)15-13(16)9-6-7-9/h3-5,9H,2,6-8H2,1H3,(H,17,18). The molecule has 18 heavy (non-hydrogen) atoms. The topological polar surface area (TPSA) is 55.1 Å². The number of aryl methyl sites for hydroxylation is 1. The number of hydrogen-bond donors (Lipinski definition) is 1. The van der Waals surface area contributed by atoms with Crippen molar-refractivity contribution in [3.63, 3.8) is 0 Å². The number of nitrogens with zero attached hydrogens (tertiary/aromatic N) is 2. The molecule has 94 valence electrons. The average Bonchev–Trinajstić information content (AvgIpc) is 3.13. The number of fused-ring (bicyclic) bond motifs is 1. The summed E-state index contributed by atoms with van der Waals surface area (Å²) < 4.78 is 2.19. The molecule has 4 heteroatoms. The van der Waals surface area contributed by atoms with Crippen LogP contribution >= 0.6 is 0 Å². The van der Waals surface area contributed by atoms with E-state index < -0.39 is 5.97 Å². The van der Waals surface area contributed by atoms with Crippen molar-refractivity contribution in [2.75, 3.05) is 0 Å². The molecule has 1 saturated carbocycles. The van der Waals surface area contributed by atoms with Gasteiger partial charge in [0.1, 0.15) is 11.3 Å². The molecule has 1 fully saturated rings. The molecule has 1 aromatic carbocycles. The first-order valence-electron chi connectivity index (χ1n) is 6.44. The summed E-state index contributed by atoms with van der Waals surface area (Å²) in [5, 5.41) is 9.22. The third kappa shape index (κ3) is 1.68. The van der Waals surface area contributed by atoms with Crippen LogP contribution in [0.4, 0.5) is 0 Å². The fourth-order valence-electron chi connectivity index (χ4n) is 2.45. The van der Waals surface area contributed by atoms with E-state index in [2.05, 4.69) is 16.5 Å². The average molecular weight is 244 g/mol. The number of benzene rings is 1. The lowest BCUT2D eigenvalue weighted by Crippen LogP contribution is -2.02. The molecule has 0 atom stereocenters. The Balaban J connectivity index is 2.25. The molecule has 0 unspecified atom stereocenters. The molecule has 4 nitrogen and oxygen atoms in total. The number of rotatable bonds is 4. The number of para-hydroxylation sites is 1. The minimum Gasteiger partial charge on any atom is -0.478 e. The summed E-state index contributed by atoms with van der Waals surface area (Å²) >= 11 is 0. The Kier molecular flexibility index (Phi) is 2.58. The molecule has 0 aliphatic heterocycles. The highest BCUT2D eigenvalue weighted by Crippen LogP contribution is 2.41. The number of aromatic nitrogens is 2. The van der Waals surface area contributed by atoms with E-state index in [1.54, 1.807) is 12.1 Å². The zero-order valence-corrected chi connectivity index (χ0v) is 10.4. The van der Waals surface area contributed by atoms with Gasteiger partial charge in [0.05, 0.1) is 11.1 Å². The van der Waals surface area contributed by atoms with E-state index in [-0.39, 0.29) is 0 Å². The number of carboxylic acid groups (broad SMARTS) is 1. The van der Waals surface area contributed by atoms with Crippen LogP contribution in [0.25, 0.3) is 11.0 Å². The predicted molar refractivity (Wildman–Crippen MR) is 69.0 cm³/mol. The second-order valence-electron chi connectivity index (χ2n) is 4.87.